The number of hydroxylamine groups is 1. The molecule has 20 heavy (non-hydrogen) atoms. The zero-order valence-electron chi connectivity index (χ0n) is 12.0. The van der Waals surface area contributed by atoms with E-state index in [1.807, 2.05) is 13.0 Å². The first-order valence-corrected chi connectivity index (χ1v) is 6.30. The second-order valence-electron chi connectivity index (χ2n) is 4.40. The lowest BCUT2D eigenvalue weighted by atomic mass is 10.1. The van der Waals surface area contributed by atoms with E-state index in [4.69, 9.17) is 5.21 Å². The molecule has 0 atom stereocenters. The van der Waals surface area contributed by atoms with E-state index >= 15 is 0 Å². The fraction of sp³-hybridized carbons (Fsp3) is 0.333. The first-order chi connectivity index (χ1) is 9.42. The minimum absolute atomic E-state index is 0.171. The summed E-state index contributed by atoms with van der Waals surface area (Å²) in [6.07, 6.45) is 6.68. The molecular formula is C15H22N2O3. The maximum absolute atomic E-state index is 11.7. The highest BCUT2D eigenvalue weighted by molar-refractivity contribution is 5.99. The normalized spacial score (nSPS) is 11.8. The van der Waals surface area contributed by atoms with Crippen LogP contribution in [-0.4, -0.2) is 23.6 Å². The maximum atomic E-state index is 11.7. The molecule has 0 aromatic rings. The van der Waals surface area contributed by atoms with Gasteiger partial charge in [-0.2, -0.15) is 0 Å². The number of carbonyl (C=O) groups is 2. The molecule has 3 N–H and O–H groups in total. The van der Waals surface area contributed by atoms with Crippen molar-refractivity contribution >= 4 is 11.8 Å². The number of hydrogen-bond donors (Lipinski definition) is 3. The van der Waals surface area contributed by atoms with E-state index in [9.17, 15) is 9.59 Å². The molecule has 0 radical (unpaired) electrons. The molecule has 0 aromatic heterocycles. The average Bonchev–Trinajstić information content (AvgIpc) is 2.42. The van der Waals surface area contributed by atoms with Crippen LogP contribution in [0.2, 0.25) is 0 Å². The molecular weight excluding hydrogens is 256 g/mol. The van der Waals surface area contributed by atoms with Gasteiger partial charge < -0.3 is 5.32 Å². The second-order valence-corrected chi connectivity index (χ2v) is 4.40. The lowest BCUT2D eigenvalue weighted by Gasteiger charge is -2.06. The first-order valence-electron chi connectivity index (χ1n) is 6.30. The number of nitrogens with one attached hydrogen (secondary N) is 2. The SMILES string of the molecule is C=CC=C(C)CCCNC(=O)C(=C)C=C(C)C(=O)NO. The average molecular weight is 278 g/mol. The number of amides is 2. The van der Waals surface area contributed by atoms with Crippen molar-refractivity contribution in [3.05, 3.63) is 48.1 Å². The Hall–Kier alpha value is -2.14. The molecule has 0 aliphatic carbocycles. The highest BCUT2D eigenvalue weighted by Gasteiger charge is 2.07. The van der Waals surface area contributed by atoms with Crippen LogP contribution in [0.25, 0.3) is 0 Å². The van der Waals surface area contributed by atoms with Crippen LogP contribution in [0.3, 0.4) is 0 Å². The van der Waals surface area contributed by atoms with Crippen LogP contribution in [0.1, 0.15) is 26.7 Å². The molecule has 110 valence electrons. The van der Waals surface area contributed by atoms with Crippen LogP contribution in [-0.2, 0) is 9.59 Å². The van der Waals surface area contributed by atoms with Crippen molar-refractivity contribution in [1.82, 2.24) is 10.8 Å². The third-order valence-corrected chi connectivity index (χ3v) is 2.58. The van der Waals surface area contributed by atoms with Crippen LogP contribution in [0, 0.1) is 0 Å². The molecule has 0 aromatic carbocycles. The minimum atomic E-state index is -0.663. The summed E-state index contributed by atoms with van der Waals surface area (Å²) in [5, 5.41) is 11.2. The van der Waals surface area contributed by atoms with Gasteiger partial charge in [-0.15, -0.1) is 0 Å². The van der Waals surface area contributed by atoms with Crippen molar-refractivity contribution in [3.63, 3.8) is 0 Å². The van der Waals surface area contributed by atoms with E-state index in [2.05, 4.69) is 18.5 Å². The molecule has 0 bridgehead atoms. The summed E-state index contributed by atoms with van der Waals surface area (Å²) in [6.45, 7) is 11.2. The van der Waals surface area contributed by atoms with Gasteiger partial charge in [-0.25, -0.2) is 5.48 Å². The Morgan fingerprint density at radius 2 is 1.90 bits per heavy atom. The van der Waals surface area contributed by atoms with Gasteiger partial charge in [0.15, 0.2) is 0 Å². The Kier molecular flexibility index (Phi) is 8.70. The molecule has 2 amide bonds. The van der Waals surface area contributed by atoms with Crippen LogP contribution in [0.4, 0.5) is 0 Å². The summed E-state index contributed by atoms with van der Waals surface area (Å²) in [5.74, 6) is -0.996. The maximum Gasteiger partial charge on any atom is 0.270 e. The van der Waals surface area contributed by atoms with Crippen molar-refractivity contribution in [2.45, 2.75) is 26.7 Å². The first kappa shape index (κ1) is 17.9. The fourth-order valence-corrected chi connectivity index (χ4v) is 1.45. The Morgan fingerprint density at radius 1 is 1.25 bits per heavy atom. The zero-order chi connectivity index (χ0) is 15.5. The molecule has 0 fully saturated rings. The van der Waals surface area contributed by atoms with Crippen LogP contribution in [0.15, 0.2) is 48.1 Å². The van der Waals surface area contributed by atoms with Crippen molar-refractivity contribution in [2.75, 3.05) is 6.54 Å². The van der Waals surface area contributed by atoms with Gasteiger partial charge in [0.1, 0.15) is 0 Å². The Balaban J connectivity index is 4.16. The molecule has 0 saturated carbocycles. The topological polar surface area (TPSA) is 78.4 Å². The third kappa shape index (κ3) is 7.33. The molecule has 5 nitrogen and oxygen atoms in total. The zero-order valence-corrected chi connectivity index (χ0v) is 12.0. The van der Waals surface area contributed by atoms with Crippen LogP contribution < -0.4 is 10.8 Å². The molecule has 0 aliphatic heterocycles. The van der Waals surface area contributed by atoms with Gasteiger partial charge >= 0.3 is 0 Å². The van der Waals surface area contributed by atoms with Crippen LogP contribution in [0.5, 0.6) is 0 Å². The van der Waals surface area contributed by atoms with Gasteiger partial charge in [0.2, 0.25) is 0 Å². The van der Waals surface area contributed by atoms with E-state index in [-0.39, 0.29) is 17.1 Å². The van der Waals surface area contributed by atoms with E-state index in [1.54, 1.807) is 6.08 Å². The van der Waals surface area contributed by atoms with Crippen LogP contribution >= 0.6 is 0 Å². The number of carbonyl (C=O) groups excluding carboxylic acids is 2. The number of rotatable bonds is 8. The standard InChI is InChI=1S/C15H22N2O3/c1-5-7-11(2)8-6-9-16-14(18)12(3)10-13(4)15(19)17-20/h5,7,10,20H,1,3,6,8-9H2,2,4H3,(H,16,18)(H,17,19). The largest absolute Gasteiger partial charge is 0.352 e. The molecule has 5 heteroatoms. The number of hydrogen-bond acceptors (Lipinski definition) is 3. The predicted molar refractivity (Wildman–Crippen MR) is 79.0 cm³/mol. The molecule has 0 saturated heterocycles. The van der Waals surface area contributed by atoms with Crippen molar-refractivity contribution < 1.29 is 14.8 Å². The quantitative estimate of drug-likeness (QED) is 0.209. The van der Waals surface area contributed by atoms with E-state index < -0.39 is 5.91 Å². The molecule has 0 rings (SSSR count). The summed E-state index contributed by atoms with van der Waals surface area (Å²) in [6, 6.07) is 0. The second kappa shape index (κ2) is 9.75. The highest BCUT2D eigenvalue weighted by atomic mass is 16.5. The van der Waals surface area contributed by atoms with Crippen molar-refractivity contribution in [3.8, 4) is 0 Å². The van der Waals surface area contributed by atoms with Crippen molar-refractivity contribution in [2.24, 2.45) is 0 Å². The molecule has 0 heterocycles. The summed E-state index contributed by atoms with van der Waals surface area (Å²) in [5.41, 5.74) is 3.07. The summed E-state index contributed by atoms with van der Waals surface area (Å²) in [7, 11) is 0. The number of allylic oxidation sites excluding steroid dienone is 3. The summed E-state index contributed by atoms with van der Waals surface area (Å²) in [4.78, 5) is 22.7. The molecule has 0 unspecified atom stereocenters. The molecule has 0 aliphatic rings. The van der Waals surface area contributed by atoms with Gasteiger partial charge in [0.05, 0.1) is 0 Å². The minimum Gasteiger partial charge on any atom is -0.352 e. The lowest BCUT2D eigenvalue weighted by molar-refractivity contribution is -0.125. The third-order valence-electron chi connectivity index (χ3n) is 2.58. The Bertz CT molecular complexity index is 448. The van der Waals surface area contributed by atoms with Gasteiger partial charge in [0, 0.05) is 17.7 Å². The Morgan fingerprint density at radius 3 is 2.45 bits per heavy atom. The fourth-order valence-electron chi connectivity index (χ4n) is 1.45. The predicted octanol–water partition coefficient (Wildman–Crippen LogP) is 2.02. The van der Waals surface area contributed by atoms with Gasteiger partial charge in [-0.05, 0) is 32.8 Å². The Labute approximate surface area is 119 Å². The lowest BCUT2D eigenvalue weighted by Crippen LogP contribution is -2.26. The smallest absolute Gasteiger partial charge is 0.270 e. The van der Waals surface area contributed by atoms with Gasteiger partial charge in [-0.1, -0.05) is 30.9 Å². The van der Waals surface area contributed by atoms with Crippen molar-refractivity contribution in [1.29, 1.82) is 0 Å². The summed E-state index contributed by atoms with van der Waals surface area (Å²) >= 11 is 0. The monoisotopic (exact) mass is 278 g/mol. The van der Waals surface area contributed by atoms with Gasteiger partial charge in [0.25, 0.3) is 11.8 Å². The highest BCUT2D eigenvalue weighted by Crippen LogP contribution is 2.04. The van der Waals surface area contributed by atoms with Gasteiger partial charge in [-0.3, -0.25) is 14.8 Å². The van der Waals surface area contributed by atoms with E-state index in [1.165, 1.54) is 24.1 Å². The van der Waals surface area contributed by atoms with E-state index in [0.29, 0.717) is 6.54 Å². The summed E-state index contributed by atoms with van der Waals surface area (Å²) < 4.78 is 0. The van der Waals surface area contributed by atoms with E-state index in [0.717, 1.165) is 12.8 Å². The molecule has 0 spiro atoms.